The Bertz CT molecular complexity index is 963. The lowest BCUT2D eigenvalue weighted by atomic mass is 10.1. The number of aromatic nitrogens is 1. The van der Waals surface area contributed by atoms with Crippen LogP contribution in [0.3, 0.4) is 0 Å². The summed E-state index contributed by atoms with van der Waals surface area (Å²) >= 11 is 0.639. The van der Waals surface area contributed by atoms with E-state index in [1.165, 1.54) is 31.4 Å². The molecule has 1 heterocycles. The maximum atomic E-state index is 13.1. The zero-order valence-corrected chi connectivity index (χ0v) is 17.6. The van der Waals surface area contributed by atoms with Crippen molar-refractivity contribution in [3.8, 4) is 0 Å². The van der Waals surface area contributed by atoms with Gasteiger partial charge in [-0.1, -0.05) is 28.6 Å². The number of methoxy groups -OCH3 is 1. The van der Waals surface area contributed by atoms with Crippen LogP contribution in [0.4, 0.5) is 9.52 Å². The van der Waals surface area contributed by atoms with Gasteiger partial charge in [-0.3, -0.25) is 10.1 Å². The Morgan fingerprint density at radius 2 is 2.03 bits per heavy atom. The van der Waals surface area contributed by atoms with Crippen LogP contribution in [0.5, 0.6) is 0 Å². The van der Waals surface area contributed by atoms with Crippen LogP contribution in [0.15, 0.2) is 40.5 Å². The lowest BCUT2D eigenvalue weighted by Crippen LogP contribution is -2.27. The molecule has 0 unspecified atom stereocenters. The Morgan fingerprint density at radius 1 is 1.30 bits per heavy atom. The molecular weight excluding hydrogens is 439 g/mol. The molecule has 3 N–H and O–H groups in total. The number of halogens is 1. The van der Waals surface area contributed by atoms with E-state index in [-0.39, 0.29) is 47.7 Å². The van der Waals surface area contributed by atoms with E-state index in [1.807, 2.05) is 0 Å². The van der Waals surface area contributed by atoms with E-state index in [9.17, 15) is 17.6 Å². The molecule has 1 aromatic heterocycles. The number of aliphatic hydroxyl groups excluding tert-OH is 1. The fourth-order valence-electron chi connectivity index (χ4n) is 2.09. The van der Waals surface area contributed by atoms with E-state index in [0.717, 1.165) is 6.20 Å². The third-order valence-corrected chi connectivity index (χ3v) is 5.68. The Morgan fingerprint density at radius 3 is 2.63 bits per heavy atom. The first-order chi connectivity index (χ1) is 14.4. The van der Waals surface area contributed by atoms with E-state index < -0.39 is 21.1 Å². The number of rotatable bonds is 12. The van der Waals surface area contributed by atoms with Crippen LogP contribution in [-0.2, 0) is 24.4 Å². The molecule has 2 rings (SSSR count). The molecule has 0 saturated carbocycles. The number of nitrogens with zero attached hydrogens (tertiary/aromatic N) is 2. The van der Waals surface area contributed by atoms with Gasteiger partial charge in [-0.25, -0.2) is 18.1 Å². The summed E-state index contributed by atoms with van der Waals surface area (Å²) in [4.78, 5) is 21.3. The topological polar surface area (TPSA) is 139 Å². The SMILES string of the molecule is COCCNS(=O)(=O)c1ccc(C(=NOCCCO)C(=O)Nc2ncc(F)s2)cc1. The number of aliphatic hydroxyl groups is 1. The quantitative estimate of drug-likeness (QED) is 0.243. The molecule has 0 fully saturated rings. The molecule has 1 aromatic carbocycles. The molecule has 2 aromatic rings. The van der Waals surface area contributed by atoms with Crippen LogP contribution in [0.25, 0.3) is 0 Å². The van der Waals surface area contributed by atoms with E-state index >= 15 is 0 Å². The molecule has 0 saturated heterocycles. The number of sulfonamides is 1. The number of hydrogen-bond acceptors (Lipinski definition) is 9. The third kappa shape index (κ3) is 7.11. The highest BCUT2D eigenvalue weighted by Crippen LogP contribution is 2.17. The highest BCUT2D eigenvalue weighted by atomic mass is 32.2. The van der Waals surface area contributed by atoms with Gasteiger partial charge in [-0.2, -0.15) is 4.39 Å². The predicted octanol–water partition coefficient (Wildman–Crippen LogP) is 0.949. The minimum Gasteiger partial charge on any atom is -0.396 e. The second-order valence-electron chi connectivity index (χ2n) is 5.69. The largest absolute Gasteiger partial charge is 0.396 e. The molecule has 30 heavy (non-hydrogen) atoms. The second kappa shape index (κ2) is 11.7. The molecule has 0 aliphatic heterocycles. The first kappa shape index (κ1) is 23.8. The minimum absolute atomic E-state index is 0.00898. The number of ether oxygens (including phenoxy) is 1. The van der Waals surface area contributed by atoms with Gasteiger partial charge < -0.3 is 14.7 Å². The van der Waals surface area contributed by atoms with Crippen molar-refractivity contribution < 1.29 is 32.3 Å². The molecule has 13 heteroatoms. The van der Waals surface area contributed by atoms with Crippen molar-refractivity contribution in [2.24, 2.45) is 5.16 Å². The number of amides is 1. The summed E-state index contributed by atoms with van der Waals surface area (Å²) < 4.78 is 44.8. The van der Waals surface area contributed by atoms with E-state index in [0.29, 0.717) is 17.8 Å². The van der Waals surface area contributed by atoms with Gasteiger partial charge in [-0.05, 0) is 12.1 Å². The summed E-state index contributed by atoms with van der Waals surface area (Å²) in [7, 11) is -2.29. The van der Waals surface area contributed by atoms with Gasteiger partial charge in [0.15, 0.2) is 16.0 Å². The van der Waals surface area contributed by atoms with Crippen LogP contribution in [0, 0.1) is 5.13 Å². The molecule has 0 bridgehead atoms. The zero-order valence-electron chi connectivity index (χ0n) is 16.0. The monoisotopic (exact) mass is 460 g/mol. The van der Waals surface area contributed by atoms with Crippen LogP contribution >= 0.6 is 11.3 Å². The van der Waals surface area contributed by atoms with Gasteiger partial charge in [0.1, 0.15) is 6.61 Å². The van der Waals surface area contributed by atoms with E-state index in [2.05, 4.69) is 20.2 Å². The predicted molar refractivity (Wildman–Crippen MR) is 108 cm³/mol. The summed E-state index contributed by atoms with van der Waals surface area (Å²) in [5, 5.41) is 14.5. The number of anilines is 1. The maximum Gasteiger partial charge on any atom is 0.280 e. The molecule has 1 amide bonds. The lowest BCUT2D eigenvalue weighted by molar-refractivity contribution is -0.110. The Hall–Kier alpha value is -2.45. The van der Waals surface area contributed by atoms with E-state index in [4.69, 9.17) is 14.7 Å². The average molecular weight is 461 g/mol. The second-order valence-corrected chi connectivity index (χ2v) is 8.44. The minimum atomic E-state index is -3.74. The standard InChI is InChI=1S/C17H21FN4O6S2/c1-27-10-7-20-30(25,26)13-5-3-12(4-6-13)15(22-28-9-2-8-23)16(24)21-17-19-11-14(18)29-17/h3-6,11,20,23H,2,7-10H2,1H3,(H,19,21,24). The van der Waals surface area contributed by atoms with Crippen molar-refractivity contribution in [2.75, 3.05) is 38.8 Å². The third-order valence-electron chi connectivity index (χ3n) is 3.50. The summed E-state index contributed by atoms with van der Waals surface area (Å²) in [5.41, 5.74) is 0.101. The van der Waals surface area contributed by atoms with Crippen molar-refractivity contribution in [3.05, 3.63) is 41.2 Å². The molecular formula is C17H21FN4O6S2. The number of nitrogens with one attached hydrogen (secondary N) is 2. The number of carbonyl (C=O) groups is 1. The van der Waals surface area contributed by atoms with Crippen LogP contribution in [-0.4, -0.2) is 63.6 Å². The van der Waals surface area contributed by atoms with Gasteiger partial charge in [0, 0.05) is 32.2 Å². The zero-order chi connectivity index (χ0) is 22.0. The van der Waals surface area contributed by atoms with Gasteiger partial charge in [0.2, 0.25) is 10.0 Å². The highest BCUT2D eigenvalue weighted by Gasteiger charge is 2.19. The van der Waals surface area contributed by atoms with Crippen LogP contribution < -0.4 is 10.0 Å². The van der Waals surface area contributed by atoms with Crippen molar-refractivity contribution >= 4 is 38.1 Å². The summed E-state index contributed by atoms with van der Waals surface area (Å²) in [6, 6.07) is 5.40. The fourth-order valence-corrected chi connectivity index (χ4v) is 3.64. The number of thiazole rings is 1. The average Bonchev–Trinajstić information content (AvgIpc) is 3.12. The highest BCUT2D eigenvalue weighted by molar-refractivity contribution is 7.89. The number of hydrogen-bond donors (Lipinski definition) is 3. The van der Waals surface area contributed by atoms with Crippen molar-refractivity contribution in [3.63, 3.8) is 0 Å². The molecule has 0 aliphatic carbocycles. The maximum absolute atomic E-state index is 13.1. The van der Waals surface area contributed by atoms with Crippen molar-refractivity contribution in [2.45, 2.75) is 11.3 Å². The molecule has 10 nitrogen and oxygen atoms in total. The molecule has 0 radical (unpaired) electrons. The summed E-state index contributed by atoms with van der Waals surface area (Å²) in [5.74, 6) is -0.720. The van der Waals surface area contributed by atoms with Gasteiger partial charge in [0.25, 0.3) is 5.91 Å². The van der Waals surface area contributed by atoms with Gasteiger partial charge in [0.05, 0.1) is 17.7 Å². The first-order valence-corrected chi connectivity index (χ1v) is 11.0. The number of carbonyl (C=O) groups excluding carboxylic acids is 1. The Kier molecular flexibility index (Phi) is 9.26. The Balaban J connectivity index is 2.21. The fraction of sp³-hybridized carbons (Fsp3) is 0.353. The molecule has 0 aliphatic rings. The first-order valence-electron chi connectivity index (χ1n) is 8.70. The Labute approximate surface area is 176 Å². The van der Waals surface area contributed by atoms with Crippen molar-refractivity contribution in [1.29, 1.82) is 0 Å². The molecule has 0 atom stereocenters. The van der Waals surface area contributed by atoms with Crippen LogP contribution in [0.2, 0.25) is 0 Å². The smallest absolute Gasteiger partial charge is 0.280 e. The van der Waals surface area contributed by atoms with E-state index in [1.54, 1.807) is 0 Å². The van der Waals surface area contributed by atoms with Crippen LogP contribution in [0.1, 0.15) is 12.0 Å². The molecule has 0 spiro atoms. The lowest BCUT2D eigenvalue weighted by Gasteiger charge is -2.09. The van der Waals surface area contributed by atoms with Gasteiger partial charge in [-0.15, -0.1) is 0 Å². The summed E-state index contributed by atoms with van der Waals surface area (Å²) in [6.07, 6.45) is 1.27. The molecule has 164 valence electrons. The summed E-state index contributed by atoms with van der Waals surface area (Å²) in [6.45, 7) is 0.280. The number of benzene rings is 1. The number of oxime groups is 1. The van der Waals surface area contributed by atoms with Gasteiger partial charge >= 0.3 is 0 Å². The normalized spacial score (nSPS) is 12.0. The van der Waals surface area contributed by atoms with Crippen molar-refractivity contribution in [1.82, 2.24) is 9.71 Å².